The molecule has 0 spiro atoms. The Morgan fingerprint density at radius 2 is 1.71 bits per heavy atom. The van der Waals surface area contributed by atoms with Crippen LogP contribution in [-0.2, 0) is 4.74 Å². The van der Waals surface area contributed by atoms with Gasteiger partial charge < -0.3 is 20.3 Å². The summed E-state index contributed by atoms with van der Waals surface area (Å²) in [6.07, 6.45) is 1.08. The zero-order valence-electron chi connectivity index (χ0n) is 13.8. The topological polar surface area (TPSA) is 75.2 Å². The predicted octanol–water partition coefficient (Wildman–Crippen LogP) is 1.84. The zero-order chi connectivity index (χ0) is 15.7. The van der Waals surface area contributed by atoms with Gasteiger partial charge >= 0.3 is 0 Å². The van der Waals surface area contributed by atoms with Crippen LogP contribution in [0.15, 0.2) is 0 Å². The highest BCUT2D eigenvalue weighted by Crippen LogP contribution is 2.11. The first-order valence-electron chi connectivity index (χ1n) is 7.51. The van der Waals surface area contributed by atoms with Gasteiger partial charge in [0, 0.05) is 33.8 Å². The Morgan fingerprint density at radius 3 is 2.29 bits per heavy atom. The van der Waals surface area contributed by atoms with E-state index in [-0.39, 0.29) is 0 Å². The molecular weight excluding hydrogens is 268 g/mol. The molecule has 120 valence electrons. The molecule has 0 unspecified atom stereocenters. The molecule has 0 bridgehead atoms. The zero-order valence-corrected chi connectivity index (χ0v) is 13.8. The van der Waals surface area contributed by atoms with Gasteiger partial charge in [-0.2, -0.15) is 15.0 Å². The average molecular weight is 296 g/mol. The fourth-order valence-electron chi connectivity index (χ4n) is 1.54. The van der Waals surface area contributed by atoms with Crippen molar-refractivity contribution in [3.8, 4) is 0 Å². The van der Waals surface area contributed by atoms with Gasteiger partial charge in [-0.15, -0.1) is 0 Å². The normalized spacial score (nSPS) is 10.8. The van der Waals surface area contributed by atoms with Crippen LogP contribution >= 0.6 is 0 Å². The van der Waals surface area contributed by atoms with Crippen LogP contribution in [0.5, 0.6) is 0 Å². The van der Waals surface area contributed by atoms with Gasteiger partial charge in [0.2, 0.25) is 17.8 Å². The molecule has 0 atom stereocenters. The summed E-state index contributed by atoms with van der Waals surface area (Å²) < 4.78 is 5.56. The summed E-state index contributed by atoms with van der Waals surface area (Å²) in [4.78, 5) is 14.9. The number of hydrogen-bond donors (Lipinski definition) is 2. The van der Waals surface area contributed by atoms with Crippen LogP contribution in [0, 0.1) is 5.92 Å². The monoisotopic (exact) mass is 296 g/mol. The summed E-state index contributed by atoms with van der Waals surface area (Å²) in [7, 11) is 3.81. The molecule has 1 aromatic rings. The highest BCUT2D eigenvalue weighted by molar-refractivity contribution is 5.42. The van der Waals surface area contributed by atoms with Crippen molar-refractivity contribution in [2.24, 2.45) is 5.92 Å². The summed E-state index contributed by atoms with van der Waals surface area (Å²) in [6, 6.07) is 0. The number of aromatic nitrogens is 3. The van der Waals surface area contributed by atoms with Crippen molar-refractivity contribution in [1.29, 1.82) is 0 Å². The van der Waals surface area contributed by atoms with Crippen LogP contribution in [0.3, 0.4) is 0 Å². The minimum atomic E-state index is 0.567. The molecule has 1 aromatic heterocycles. The van der Waals surface area contributed by atoms with E-state index in [1.54, 1.807) is 0 Å². The van der Waals surface area contributed by atoms with E-state index in [2.05, 4.69) is 39.4 Å². The molecule has 21 heavy (non-hydrogen) atoms. The van der Waals surface area contributed by atoms with E-state index < -0.39 is 0 Å². The largest absolute Gasteiger partial charge is 0.380 e. The Morgan fingerprint density at radius 1 is 1.05 bits per heavy atom. The first-order valence-corrected chi connectivity index (χ1v) is 7.51. The summed E-state index contributed by atoms with van der Waals surface area (Å²) in [5.74, 6) is 2.45. The standard InChI is InChI=1S/C14H28N6O/c1-6-15-12-17-13(19-14(18-12)20(4)5)16-8-10-21-9-7-11(2)3/h11H,6-10H2,1-5H3,(H2,15,16,17,18,19). The lowest BCUT2D eigenvalue weighted by molar-refractivity contribution is 0.132. The minimum absolute atomic E-state index is 0.567. The van der Waals surface area contributed by atoms with E-state index in [1.165, 1.54) is 0 Å². The molecule has 1 heterocycles. The van der Waals surface area contributed by atoms with E-state index in [4.69, 9.17) is 4.74 Å². The fourth-order valence-corrected chi connectivity index (χ4v) is 1.54. The molecule has 0 radical (unpaired) electrons. The molecule has 0 aromatic carbocycles. The fraction of sp³-hybridized carbons (Fsp3) is 0.786. The molecule has 0 aliphatic rings. The molecule has 7 heteroatoms. The van der Waals surface area contributed by atoms with Gasteiger partial charge in [-0.1, -0.05) is 13.8 Å². The SMILES string of the molecule is CCNc1nc(NCCOCCC(C)C)nc(N(C)C)n1. The van der Waals surface area contributed by atoms with E-state index >= 15 is 0 Å². The molecule has 2 N–H and O–H groups in total. The van der Waals surface area contributed by atoms with Crippen LogP contribution in [0.25, 0.3) is 0 Å². The molecule has 0 aliphatic carbocycles. The Kier molecular flexibility index (Phi) is 7.74. The maximum atomic E-state index is 5.56. The number of anilines is 3. The maximum Gasteiger partial charge on any atom is 0.231 e. The molecule has 0 fully saturated rings. The van der Waals surface area contributed by atoms with Crippen molar-refractivity contribution in [3.05, 3.63) is 0 Å². The van der Waals surface area contributed by atoms with Crippen molar-refractivity contribution in [1.82, 2.24) is 15.0 Å². The molecular formula is C14H28N6O. The summed E-state index contributed by atoms with van der Waals surface area (Å²) >= 11 is 0. The molecule has 7 nitrogen and oxygen atoms in total. The molecule has 1 rings (SSSR count). The van der Waals surface area contributed by atoms with Crippen LogP contribution in [0.1, 0.15) is 27.2 Å². The van der Waals surface area contributed by atoms with E-state index in [0.717, 1.165) is 19.6 Å². The highest BCUT2D eigenvalue weighted by atomic mass is 16.5. The van der Waals surface area contributed by atoms with Gasteiger partial charge in [0.15, 0.2) is 0 Å². The lowest BCUT2D eigenvalue weighted by Crippen LogP contribution is -2.18. The van der Waals surface area contributed by atoms with Gasteiger partial charge in [0.25, 0.3) is 0 Å². The molecule has 0 amide bonds. The first-order chi connectivity index (χ1) is 10.0. The van der Waals surface area contributed by atoms with Gasteiger partial charge in [0.05, 0.1) is 6.61 Å². The average Bonchev–Trinajstić information content (AvgIpc) is 2.42. The lowest BCUT2D eigenvalue weighted by Gasteiger charge is -2.14. The van der Waals surface area contributed by atoms with Crippen LogP contribution in [0.2, 0.25) is 0 Å². The molecule has 0 saturated carbocycles. The second-order valence-corrected chi connectivity index (χ2v) is 5.43. The Labute approximate surface area is 127 Å². The third kappa shape index (κ3) is 7.08. The second-order valence-electron chi connectivity index (χ2n) is 5.43. The van der Waals surface area contributed by atoms with E-state index in [9.17, 15) is 0 Å². The summed E-state index contributed by atoms with van der Waals surface area (Å²) in [5.41, 5.74) is 0. The minimum Gasteiger partial charge on any atom is -0.380 e. The van der Waals surface area contributed by atoms with Gasteiger partial charge in [0.1, 0.15) is 0 Å². The predicted molar refractivity (Wildman–Crippen MR) is 87.1 cm³/mol. The third-order valence-corrected chi connectivity index (χ3v) is 2.73. The Bertz CT molecular complexity index is 410. The number of nitrogens with zero attached hydrogens (tertiary/aromatic N) is 4. The lowest BCUT2D eigenvalue weighted by atomic mass is 10.1. The molecule has 0 saturated heterocycles. The van der Waals surface area contributed by atoms with Crippen LogP contribution in [0.4, 0.5) is 17.8 Å². The number of hydrogen-bond acceptors (Lipinski definition) is 7. The first kappa shape index (κ1) is 17.4. The highest BCUT2D eigenvalue weighted by Gasteiger charge is 2.07. The third-order valence-electron chi connectivity index (χ3n) is 2.73. The number of ether oxygens (including phenoxy) is 1. The van der Waals surface area contributed by atoms with Crippen molar-refractivity contribution < 1.29 is 4.74 Å². The van der Waals surface area contributed by atoms with Crippen LogP contribution < -0.4 is 15.5 Å². The van der Waals surface area contributed by atoms with Gasteiger partial charge in [-0.25, -0.2) is 0 Å². The van der Waals surface area contributed by atoms with Crippen molar-refractivity contribution in [2.45, 2.75) is 27.2 Å². The van der Waals surface area contributed by atoms with E-state index in [1.807, 2.05) is 25.9 Å². The number of nitrogens with one attached hydrogen (secondary N) is 2. The summed E-state index contributed by atoms with van der Waals surface area (Å²) in [6.45, 7) is 9.28. The summed E-state index contributed by atoms with van der Waals surface area (Å²) in [5, 5.41) is 6.28. The Hall–Kier alpha value is -1.63. The smallest absolute Gasteiger partial charge is 0.231 e. The van der Waals surface area contributed by atoms with Crippen molar-refractivity contribution in [2.75, 3.05) is 55.9 Å². The van der Waals surface area contributed by atoms with Crippen molar-refractivity contribution >= 4 is 17.8 Å². The van der Waals surface area contributed by atoms with Crippen molar-refractivity contribution in [3.63, 3.8) is 0 Å². The molecule has 0 aliphatic heterocycles. The quantitative estimate of drug-likeness (QED) is 0.638. The van der Waals surface area contributed by atoms with E-state index in [0.29, 0.717) is 36.9 Å². The Balaban J connectivity index is 2.46. The van der Waals surface area contributed by atoms with Gasteiger partial charge in [-0.05, 0) is 19.3 Å². The van der Waals surface area contributed by atoms with Crippen LogP contribution in [-0.4, -0.2) is 55.4 Å². The maximum absolute atomic E-state index is 5.56. The second kappa shape index (κ2) is 9.33. The number of rotatable bonds is 10. The van der Waals surface area contributed by atoms with Gasteiger partial charge in [-0.3, -0.25) is 0 Å².